The Hall–Kier alpha value is -1.24. The highest BCUT2D eigenvalue weighted by Crippen LogP contribution is 2.26. The maximum Gasteiger partial charge on any atom is 0.0706 e. The molecule has 0 spiro atoms. The van der Waals surface area contributed by atoms with Gasteiger partial charge in [-0.25, -0.2) is 0 Å². The van der Waals surface area contributed by atoms with Gasteiger partial charge in [-0.2, -0.15) is 0 Å². The number of aromatic nitrogens is 1. The summed E-state index contributed by atoms with van der Waals surface area (Å²) >= 11 is 6.05. The second-order valence-corrected chi connectivity index (χ2v) is 7.89. The Labute approximate surface area is 159 Å². The molecular weight excluding hydrogens is 350 g/mol. The third-order valence-corrected chi connectivity index (χ3v) is 5.81. The molecule has 0 unspecified atom stereocenters. The van der Waals surface area contributed by atoms with E-state index < -0.39 is 0 Å². The largest absolute Gasteiger partial charge is 0.396 e. The lowest BCUT2D eigenvalue weighted by Crippen LogP contribution is -2.41. The molecule has 3 heterocycles. The highest BCUT2D eigenvalue weighted by Gasteiger charge is 2.33. The fraction of sp³-hybridized carbons (Fsp3) is 0.550. The SMILES string of the molecule is OC[C@@H]1CN(Cc2ccc3cc(Cl)ccc3n2)C[C@@H]1CN1CCOCC1. The molecule has 0 radical (unpaired) electrons. The smallest absolute Gasteiger partial charge is 0.0706 e. The number of fused-ring (bicyclic) bond motifs is 1. The van der Waals surface area contributed by atoms with Crippen LogP contribution in [0, 0.1) is 11.8 Å². The van der Waals surface area contributed by atoms with Crippen molar-refractivity contribution in [2.24, 2.45) is 11.8 Å². The number of morpholine rings is 1. The van der Waals surface area contributed by atoms with Crippen LogP contribution in [0.2, 0.25) is 5.02 Å². The number of aliphatic hydroxyl groups excluding tert-OH is 1. The number of nitrogens with zero attached hydrogens (tertiary/aromatic N) is 3. The minimum atomic E-state index is 0.259. The average molecular weight is 376 g/mol. The minimum Gasteiger partial charge on any atom is -0.396 e. The van der Waals surface area contributed by atoms with Crippen molar-refractivity contribution in [3.63, 3.8) is 0 Å². The van der Waals surface area contributed by atoms with Crippen LogP contribution in [0.15, 0.2) is 30.3 Å². The molecule has 0 bridgehead atoms. The lowest BCUT2D eigenvalue weighted by atomic mass is 9.96. The summed E-state index contributed by atoms with van der Waals surface area (Å²) in [6, 6.07) is 9.99. The fourth-order valence-electron chi connectivity index (χ4n) is 4.15. The maximum atomic E-state index is 9.82. The molecule has 2 aliphatic rings. The number of rotatable bonds is 5. The number of pyridine rings is 1. The Morgan fingerprint density at radius 3 is 2.69 bits per heavy atom. The monoisotopic (exact) mass is 375 g/mol. The van der Waals surface area contributed by atoms with Crippen molar-refractivity contribution in [1.82, 2.24) is 14.8 Å². The standard InChI is InChI=1S/C20H26ClN3O2/c21-18-2-4-20-15(9-18)1-3-19(22-20)13-24-11-16(17(12-24)14-25)10-23-5-7-26-8-6-23/h1-4,9,16-17,25H,5-8,10-14H2/t16-,17-/m0/s1. The third kappa shape index (κ3) is 4.18. The van der Waals surface area contributed by atoms with Crippen molar-refractivity contribution in [1.29, 1.82) is 0 Å². The summed E-state index contributed by atoms with van der Waals surface area (Å²) in [7, 11) is 0. The zero-order chi connectivity index (χ0) is 17.9. The van der Waals surface area contributed by atoms with E-state index in [1.807, 2.05) is 18.2 Å². The highest BCUT2D eigenvalue weighted by atomic mass is 35.5. The van der Waals surface area contributed by atoms with Crippen molar-refractivity contribution in [3.05, 3.63) is 41.0 Å². The Morgan fingerprint density at radius 2 is 1.88 bits per heavy atom. The van der Waals surface area contributed by atoms with Gasteiger partial charge in [-0.3, -0.25) is 14.8 Å². The van der Waals surface area contributed by atoms with E-state index >= 15 is 0 Å². The number of ether oxygens (including phenoxy) is 1. The summed E-state index contributed by atoms with van der Waals surface area (Å²) < 4.78 is 5.44. The van der Waals surface area contributed by atoms with E-state index in [1.165, 1.54) is 0 Å². The molecule has 4 rings (SSSR count). The second kappa shape index (κ2) is 8.19. The lowest BCUT2D eigenvalue weighted by molar-refractivity contribution is 0.0264. The van der Waals surface area contributed by atoms with E-state index in [1.54, 1.807) is 0 Å². The number of hydrogen-bond donors (Lipinski definition) is 1. The molecule has 1 aromatic heterocycles. The number of likely N-dealkylation sites (tertiary alicyclic amines) is 1. The zero-order valence-electron chi connectivity index (χ0n) is 15.0. The lowest BCUT2D eigenvalue weighted by Gasteiger charge is -2.30. The van der Waals surface area contributed by atoms with E-state index in [-0.39, 0.29) is 6.61 Å². The van der Waals surface area contributed by atoms with E-state index in [2.05, 4.69) is 21.9 Å². The van der Waals surface area contributed by atoms with Crippen LogP contribution in [0.5, 0.6) is 0 Å². The molecule has 2 aromatic rings. The Kier molecular flexibility index (Phi) is 5.72. The van der Waals surface area contributed by atoms with Gasteiger partial charge in [0.1, 0.15) is 0 Å². The molecular formula is C20H26ClN3O2. The number of aliphatic hydroxyl groups is 1. The quantitative estimate of drug-likeness (QED) is 0.868. The van der Waals surface area contributed by atoms with Crippen LogP contribution in [-0.4, -0.2) is 72.4 Å². The topological polar surface area (TPSA) is 48.8 Å². The van der Waals surface area contributed by atoms with E-state index in [9.17, 15) is 5.11 Å². The second-order valence-electron chi connectivity index (χ2n) is 7.45. The van der Waals surface area contributed by atoms with E-state index in [0.29, 0.717) is 11.8 Å². The van der Waals surface area contributed by atoms with Crippen LogP contribution in [0.1, 0.15) is 5.69 Å². The van der Waals surface area contributed by atoms with Gasteiger partial charge < -0.3 is 9.84 Å². The van der Waals surface area contributed by atoms with Gasteiger partial charge in [0.2, 0.25) is 0 Å². The summed E-state index contributed by atoms with van der Waals surface area (Å²) in [6.07, 6.45) is 0. The Morgan fingerprint density at radius 1 is 1.08 bits per heavy atom. The van der Waals surface area contributed by atoms with Crippen molar-refractivity contribution in [2.45, 2.75) is 6.54 Å². The number of benzene rings is 1. The first-order chi connectivity index (χ1) is 12.7. The van der Waals surface area contributed by atoms with Crippen molar-refractivity contribution >= 4 is 22.5 Å². The first-order valence-corrected chi connectivity index (χ1v) is 9.77. The normalized spacial score (nSPS) is 25.2. The summed E-state index contributed by atoms with van der Waals surface area (Å²) in [5, 5.41) is 11.6. The van der Waals surface area contributed by atoms with Crippen LogP contribution in [0.4, 0.5) is 0 Å². The highest BCUT2D eigenvalue weighted by molar-refractivity contribution is 6.31. The zero-order valence-corrected chi connectivity index (χ0v) is 15.7. The van der Waals surface area contributed by atoms with Gasteiger partial charge in [0.15, 0.2) is 0 Å². The van der Waals surface area contributed by atoms with Gasteiger partial charge in [-0.15, -0.1) is 0 Å². The number of hydrogen-bond acceptors (Lipinski definition) is 5. The van der Waals surface area contributed by atoms with E-state index in [0.717, 1.165) is 74.1 Å². The average Bonchev–Trinajstić information content (AvgIpc) is 3.04. The molecule has 2 fully saturated rings. The van der Waals surface area contributed by atoms with E-state index in [4.69, 9.17) is 21.3 Å². The number of halogens is 1. The molecule has 2 saturated heterocycles. The first kappa shape index (κ1) is 18.1. The van der Waals surface area contributed by atoms with Gasteiger partial charge in [0.25, 0.3) is 0 Å². The summed E-state index contributed by atoms with van der Waals surface area (Å²) in [4.78, 5) is 9.68. The Balaban J connectivity index is 1.41. The molecule has 2 atom stereocenters. The van der Waals surface area contributed by atoms with Gasteiger partial charge in [-0.05, 0) is 36.1 Å². The Bertz CT molecular complexity index is 751. The van der Waals surface area contributed by atoms with Gasteiger partial charge in [0, 0.05) is 56.3 Å². The maximum absolute atomic E-state index is 9.82. The van der Waals surface area contributed by atoms with Crippen molar-refractivity contribution in [3.8, 4) is 0 Å². The molecule has 26 heavy (non-hydrogen) atoms. The minimum absolute atomic E-state index is 0.259. The molecule has 0 aliphatic carbocycles. The molecule has 5 nitrogen and oxygen atoms in total. The predicted octanol–water partition coefficient (Wildman–Crippen LogP) is 2.26. The van der Waals surface area contributed by atoms with Crippen LogP contribution in [0.3, 0.4) is 0 Å². The van der Waals surface area contributed by atoms with Gasteiger partial charge >= 0.3 is 0 Å². The molecule has 1 N–H and O–H groups in total. The van der Waals surface area contributed by atoms with Crippen LogP contribution in [0.25, 0.3) is 10.9 Å². The summed E-state index contributed by atoms with van der Waals surface area (Å²) in [5.74, 6) is 0.856. The summed E-state index contributed by atoms with van der Waals surface area (Å²) in [5.41, 5.74) is 2.05. The van der Waals surface area contributed by atoms with Crippen molar-refractivity contribution in [2.75, 3.05) is 52.5 Å². The fourth-order valence-corrected chi connectivity index (χ4v) is 4.33. The van der Waals surface area contributed by atoms with Crippen LogP contribution in [-0.2, 0) is 11.3 Å². The van der Waals surface area contributed by atoms with Crippen molar-refractivity contribution < 1.29 is 9.84 Å². The molecule has 140 valence electrons. The molecule has 2 aliphatic heterocycles. The third-order valence-electron chi connectivity index (χ3n) is 5.58. The molecule has 0 amide bonds. The van der Waals surface area contributed by atoms with Crippen LogP contribution >= 0.6 is 11.6 Å². The van der Waals surface area contributed by atoms with Crippen LogP contribution < -0.4 is 0 Å². The van der Waals surface area contributed by atoms with Gasteiger partial charge in [0.05, 0.1) is 24.4 Å². The first-order valence-electron chi connectivity index (χ1n) is 9.40. The van der Waals surface area contributed by atoms with Gasteiger partial charge in [-0.1, -0.05) is 17.7 Å². The molecule has 1 aromatic carbocycles. The molecule has 6 heteroatoms. The molecule has 0 saturated carbocycles. The summed E-state index contributed by atoms with van der Waals surface area (Å²) in [6.45, 7) is 7.75. The predicted molar refractivity (Wildman–Crippen MR) is 103 cm³/mol.